The Labute approximate surface area is 240 Å². The van der Waals surface area contributed by atoms with E-state index in [0.717, 1.165) is 19.3 Å². The van der Waals surface area contributed by atoms with E-state index in [2.05, 4.69) is 4.74 Å². The number of carbonyl (C=O) groups excluding carboxylic acids is 1. The molecular formula is C23H24F20O2. The van der Waals surface area contributed by atoms with E-state index >= 15 is 0 Å². The normalized spacial score (nSPS) is 20.5. The lowest BCUT2D eigenvalue weighted by atomic mass is 9.78. The van der Waals surface area contributed by atoms with Gasteiger partial charge in [-0.1, -0.05) is 39.0 Å². The molecule has 0 amide bonds. The smallest absolute Gasteiger partial charge is 0.385 e. The van der Waals surface area contributed by atoms with Crippen molar-refractivity contribution in [3.05, 3.63) is 0 Å². The van der Waals surface area contributed by atoms with E-state index in [9.17, 15) is 92.6 Å². The summed E-state index contributed by atoms with van der Waals surface area (Å²) in [6, 6.07) is 0. The molecule has 268 valence electrons. The molecule has 1 aliphatic carbocycles. The van der Waals surface area contributed by atoms with Crippen LogP contribution < -0.4 is 0 Å². The third kappa shape index (κ3) is 6.75. The zero-order valence-electron chi connectivity index (χ0n) is 22.5. The molecule has 0 aliphatic heterocycles. The first kappa shape index (κ1) is 41.1. The van der Waals surface area contributed by atoms with Gasteiger partial charge < -0.3 is 4.74 Å². The maximum atomic E-state index is 14.0. The van der Waals surface area contributed by atoms with Gasteiger partial charge in [0, 0.05) is 6.42 Å². The lowest BCUT2D eigenvalue weighted by molar-refractivity contribution is -0.465. The van der Waals surface area contributed by atoms with E-state index in [-0.39, 0.29) is 18.8 Å². The Hall–Kier alpha value is -1.93. The first-order valence-corrected chi connectivity index (χ1v) is 12.7. The number of rotatable bonds is 16. The average Bonchev–Trinajstić information content (AvgIpc) is 2.90. The minimum atomic E-state index is -9.07. The highest BCUT2D eigenvalue weighted by atomic mass is 19.4. The van der Waals surface area contributed by atoms with Crippen molar-refractivity contribution in [3.63, 3.8) is 0 Å². The molecule has 22 heteroatoms. The van der Waals surface area contributed by atoms with E-state index < -0.39 is 84.6 Å². The molecule has 0 atom stereocenters. The van der Waals surface area contributed by atoms with E-state index in [1.807, 2.05) is 6.92 Å². The molecule has 0 aromatic carbocycles. The average molecular weight is 712 g/mol. The van der Waals surface area contributed by atoms with Crippen molar-refractivity contribution in [3.8, 4) is 0 Å². The summed E-state index contributed by atoms with van der Waals surface area (Å²) in [5.41, 5.74) is 0. The summed E-state index contributed by atoms with van der Waals surface area (Å²) in [6.45, 7) is -1.41. The number of esters is 1. The highest BCUT2D eigenvalue weighted by molar-refractivity contribution is 5.69. The lowest BCUT2D eigenvalue weighted by Gasteiger charge is -2.44. The van der Waals surface area contributed by atoms with Crippen molar-refractivity contribution in [1.29, 1.82) is 0 Å². The predicted molar refractivity (Wildman–Crippen MR) is 111 cm³/mol. The van der Waals surface area contributed by atoms with Crippen molar-refractivity contribution < 1.29 is 97.3 Å². The second-order valence-corrected chi connectivity index (χ2v) is 10.5. The SMILES string of the molecule is CCCC[C@H]1CC[C@H](CC(=O)OCC(F)(F)C(F)(F)C(F)(F)C(F)(F)C(F)(F)C(F)(F)C(F)(F)C(F)(F)C(F)(F)C(F)F)CC1. The molecule has 0 aromatic rings. The van der Waals surface area contributed by atoms with E-state index in [0.29, 0.717) is 12.8 Å². The fourth-order valence-electron chi connectivity index (χ4n) is 4.34. The number of carbonyl (C=O) groups is 1. The fraction of sp³-hybridized carbons (Fsp3) is 0.957. The Bertz CT molecular complexity index is 1000. The summed E-state index contributed by atoms with van der Waals surface area (Å²) >= 11 is 0. The standard InChI is InChI=1S/C23H24F20O2/c1-2-3-4-11-5-7-12(8-6-11)9-13(44)45-10-15(26,27)17(30,31)19(34,35)21(38,39)23(42,43)22(40,41)20(36,37)18(32,33)16(28,29)14(24)25/h11-12,14H,2-10H2,1H3/t11-,12-. The number of unbranched alkanes of at least 4 members (excludes halogenated alkanes) is 1. The molecular weight excluding hydrogens is 688 g/mol. The van der Waals surface area contributed by atoms with Crippen LogP contribution in [0, 0.1) is 11.8 Å². The summed E-state index contributed by atoms with van der Waals surface area (Å²) < 4.78 is 273. The van der Waals surface area contributed by atoms with Crippen LogP contribution >= 0.6 is 0 Å². The molecule has 0 unspecified atom stereocenters. The van der Waals surface area contributed by atoms with Crippen molar-refractivity contribution in [1.82, 2.24) is 0 Å². The molecule has 0 aromatic heterocycles. The van der Waals surface area contributed by atoms with Crippen LogP contribution in [0.15, 0.2) is 0 Å². The highest BCUT2D eigenvalue weighted by Crippen LogP contribution is 2.65. The third-order valence-electron chi connectivity index (χ3n) is 7.32. The van der Waals surface area contributed by atoms with Crippen LogP contribution in [0.2, 0.25) is 0 Å². The predicted octanol–water partition coefficient (Wildman–Crippen LogP) is 9.90. The Kier molecular flexibility index (Phi) is 11.8. The molecule has 45 heavy (non-hydrogen) atoms. The van der Waals surface area contributed by atoms with Gasteiger partial charge in [-0.25, -0.2) is 8.78 Å². The van der Waals surface area contributed by atoms with Gasteiger partial charge in [0.15, 0.2) is 6.61 Å². The van der Waals surface area contributed by atoms with Crippen LogP contribution in [0.1, 0.15) is 58.3 Å². The summed E-state index contributed by atoms with van der Waals surface area (Å²) in [7, 11) is 0. The van der Waals surface area contributed by atoms with Gasteiger partial charge in [0.05, 0.1) is 0 Å². The zero-order chi connectivity index (χ0) is 35.9. The summed E-state index contributed by atoms with van der Waals surface area (Å²) in [5, 5.41) is 0. The third-order valence-corrected chi connectivity index (χ3v) is 7.32. The van der Waals surface area contributed by atoms with E-state index in [4.69, 9.17) is 0 Å². The molecule has 1 rings (SSSR count). The maximum absolute atomic E-state index is 14.0. The minimum absolute atomic E-state index is 0.224. The highest BCUT2D eigenvalue weighted by Gasteiger charge is 2.96. The Morgan fingerprint density at radius 1 is 0.600 bits per heavy atom. The summed E-state index contributed by atoms with van der Waals surface area (Å²) in [4.78, 5) is 11.8. The number of halogens is 20. The largest absolute Gasteiger partial charge is 0.459 e. The van der Waals surface area contributed by atoms with Gasteiger partial charge in [0.1, 0.15) is 0 Å². The summed E-state index contributed by atoms with van der Waals surface area (Å²) in [6.07, 6.45) is -2.80. The molecule has 1 fully saturated rings. The van der Waals surface area contributed by atoms with Crippen molar-refractivity contribution >= 4 is 5.97 Å². The Morgan fingerprint density at radius 3 is 1.33 bits per heavy atom. The van der Waals surface area contributed by atoms with Crippen LogP contribution in [0.5, 0.6) is 0 Å². The van der Waals surface area contributed by atoms with Crippen LogP contribution in [0.3, 0.4) is 0 Å². The Morgan fingerprint density at radius 2 is 0.956 bits per heavy atom. The fourth-order valence-corrected chi connectivity index (χ4v) is 4.34. The first-order valence-electron chi connectivity index (χ1n) is 12.7. The van der Waals surface area contributed by atoms with Gasteiger partial charge in [-0.15, -0.1) is 0 Å². The minimum Gasteiger partial charge on any atom is -0.459 e. The molecule has 1 aliphatic rings. The van der Waals surface area contributed by atoms with Crippen molar-refractivity contribution in [2.75, 3.05) is 6.61 Å². The van der Waals surface area contributed by atoms with Gasteiger partial charge in [-0.05, 0) is 24.7 Å². The number of alkyl halides is 20. The van der Waals surface area contributed by atoms with Crippen molar-refractivity contribution in [2.45, 2.75) is 118 Å². The van der Waals surface area contributed by atoms with Crippen molar-refractivity contribution in [2.24, 2.45) is 11.8 Å². The Balaban J connectivity index is 3.25. The molecule has 1 saturated carbocycles. The number of ether oxygens (including phenoxy) is 1. The molecule has 0 saturated heterocycles. The molecule has 0 radical (unpaired) electrons. The molecule has 2 nitrogen and oxygen atoms in total. The molecule has 0 heterocycles. The molecule has 0 bridgehead atoms. The van der Waals surface area contributed by atoms with Crippen LogP contribution in [0.25, 0.3) is 0 Å². The van der Waals surface area contributed by atoms with Gasteiger partial charge >= 0.3 is 65.7 Å². The van der Waals surface area contributed by atoms with E-state index in [1.165, 1.54) is 0 Å². The first-order chi connectivity index (χ1) is 19.8. The molecule has 0 spiro atoms. The van der Waals surface area contributed by atoms with Gasteiger partial charge in [0.25, 0.3) is 0 Å². The van der Waals surface area contributed by atoms with Crippen LogP contribution in [0.4, 0.5) is 87.8 Å². The second-order valence-electron chi connectivity index (χ2n) is 10.5. The van der Waals surface area contributed by atoms with Gasteiger partial charge in [-0.3, -0.25) is 4.79 Å². The second kappa shape index (κ2) is 12.9. The monoisotopic (exact) mass is 712 g/mol. The van der Waals surface area contributed by atoms with Crippen LogP contribution in [-0.2, 0) is 9.53 Å². The maximum Gasteiger partial charge on any atom is 0.385 e. The number of hydrogen-bond acceptors (Lipinski definition) is 2. The van der Waals surface area contributed by atoms with Gasteiger partial charge in [-0.2, -0.15) is 79.0 Å². The van der Waals surface area contributed by atoms with E-state index in [1.54, 1.807) is 0 Å². The van der Waals surface area contributed by atoms with Crippen LogP contribution in [-0.4, -0.2) is 72.3 Å². The number of hydrogen-bond donors (Lipinski definition) is 0. The van der Waals surface area contributed by atoms with Gasteiger partial charge in [0.2, 0.25) is 0 Å². The lowest BCUT2D eigenvalue weighted by Crippen LogP contribution is -2.76. The quantitative estimate of drug-likeness (QED) is 0.118. The topological polar surface area (TPSA) is 26.3 Å². The zero-order valence-corrected chi connectivity index (χ0v) is 22.5. The summed E-state index contributed by atoms with van der Waals surface area (Å²) in [5.74, 6) is -77.9. The molecule has 0 N–H and O–H groups in total.